The Bertz CT molecular complexity index is 356. The summed E-state index contributed by atoms with van der Waals surface area (Å²) in [6.07, 6.45) is -3.67. The van der Waals surface area contributed by atoms with Crippen LogP contribution in [0.1, 0.15) is 0 Å². The van der Waals surface area contributed by atoms with E-state index >= 15 is 0 Å². The first kappa shape index (κ1) is 16.4. The number of carbonyl (C=O) groups is 1. The van der Waals surface area contributed by atoms with Crippen molar-refractivity contribution in [3.63, 3.8) is 0 Å². The number of hydrogen-bond acceptors (Lipinski definition) is 4. The number of nitrogens with zero attached hydrogens (tertiary/aromatic N) is 2. The topological polar surface area (TPSA) is 44.8 Å². The third-order valence-corrected chi connectivity index (χ3v) is 3.66. The van der Waals surface area contributed by atoms with Crippen molar-refractivity contribution in [2.24, 2.45) is 0 Å². The zero-order valence-corrected chi connectivity index (χ0v) is 11.5. The number of alkyl halides is 4. The summed E-state index contributed by atoms with van der Waals surface area (Å²) >= 11 is 0. The van der Waals surface area contributed by atoms with E-state index in [2.05, 4.69) is 5.32 Å². The Morgan fingerprint density at radius 2 is 1.95 bits per heavy atom. The predicted molar refractivity (Wildman–Crippen MR) is 66.6 cm³/mol. The fraction of sp³-hybridized carbons (Fsp3) is 0.917. The van der Waals surface area contributed by atoms with Gasteiger partial charge >= 0.3 is 12.3 Å². The summed E-state index contributed by atoms with van der Waals surface area (Å²) in [4.78, 5) is 15.0. The molecule has 9 heteroatoms. The van der Waals surface area contributed by atoms with Gasteiger partial charge < -0.3 is 15.0 Å². The minimum absolute atomic E-state index is 0.130. The third-order valence-electron chi connectivity index (χ3n) is 3.66. The fourth-order valence-electron chi connectivity index (χ4n) is 2.44. The molecule has 0 aliphatic carbocycles. The molecule has 2 aliphatic rings. The second-order valence-electron chi connectivity index (χ2n) is 5.24. The van der Waals surface area contributed by atoms with E-state index in [0.29, 0.717) is 19.8 Å². The van der Waals surface area contributed by atoms with Gasteiger partial charge in [-0.1, -0.05) is 0 Å². The molecule has 0 aromatic carbocycles. The Morgan fingerprint density at radius 1 is 1.29 bits per heavy atom. The molecule has 2 heterocycles. The molecule has 5 nitrogen and oxygen atoms in total. The molecular formula is C12H19F4N3O2. The van der Waals surface area contributed by atoms with E-state index in [1.165, 1.54) is 4.90 Å². The smallest absolute Gasteiger partial charge is 0.319 e. The first-order valence-corrected chi connectivity index (χ1v) is 6.88. The standard InChI is InChI=1S/C12H19F4N3O2/c13-11(14)12(15,16)8-18-2-4-19(5-3-18)10(20)9-7-21-6-1-17-9/h9,11,17H,1-8H2. The lowest BCUT2D eigenvalue weighted by molar-refractivity contribution is -0.149. The number of nitrogens with one attached hydrogen (secondary N) is 1. The largest absolute Gasteiger partial charge is 0.378 e. The van der Waals surface area contributed by atoms with Gasteiger partial charge in [-0.3, -0.25) is 9.69 Å². The average molecular weight is 313 g/mol. The number of piperazine rings is 1. The molecule has 0 spiro atoms. The zero-order valence-electron chi connectivity index (χ0n) is 11.5. The molecule has 2 fully saturated rings. The molecule has 0 aromatic heterocycles. The second kappa shape index (κ2) is 6.89. The van der Waals surface area contributed by atoms with Crippen molar-refractivity contribution in [1.82, 2.24) is 15.1 Å². The average Bonchev–Trinajstić information content (AvgIpc) is 2.48. The SMILES string of the molecule is O=C(C1COCCN1)N1CCN(CC(F)(F)C(F)F)CC1. The van der Waals surface area contributed by atoms with E-state index in [1.807, 2.05) is 0 Å². The minimum Gasteiger partial charge on any atom is -0.378 e. The number of morpholine rings is 1. The molecule has 122 valence electrons. The van der Waals surface area contributed by atoms with Crippen LogP contribution >= 0.6 is 0 Å². The molecule has 0 saturated carbocycles. The van der Waals surface area contributed by atoms with Gasteiger partial charge in [-0.15, -0.1) is 0 Å². The molecule has 1 atom stereocenters. The number of ether oxygens (including phenoxy) is 1. The van der Waals surface area contributed by atoms with Crippen LogP contribution < -0.4 is 5.32 Å². The van der Waals surface area contributed by atoms with Gasteiger partial charge in [0.05, 0.1) is 19.8 Å². The monoisotopic (exact) mass is 313 g/mol. The molecule has 21 heavy (non-hydrogen) atoms. The second-order valence-corrected chi connectivity index (χ2v) is 5.24. The van der Waals surface area contributed by atoms with Crippen molar-refractivity contribution in [3.05, 3.63) is 0 Å². The summed E-state index contributed by atoms with van der Waals surface area (Å²) in [6.45, 7) is 1.33. The van der Waals surface area contributed by atoms with E-state index in [1.54, 1.807) is 4.90 Å². The summed E-state index contributed by atoms with van der Waals surface area (Å²) in [5.41, 5.74) is 0. The Hall–Kier alpha value is -0.930. The first-order valence-electron chi connectivity index (χ1n) is 6.88. The molecule has 1 unspecified atom stereocenters. The Kier molecular flexibility index (Phi) is 5.39. The molecule has 1 amide bonds. The number of carbonyl (C=O) groups excluding carboxylic acids is 1. The molecule has 2 rings (SSSR count). The van der Waals surface area contributed by atoms with Gasteiger partial charge in [-0.2, -0.15) is 8.78 Å². The van der Waals surface area contributed by atoms with E-state index in [0.717, 1.165) is 0 Å². The number of amides is 1. The molecule has 2 aliphatic heterocycles. The van der Waals surface area contributed by atoms with Gasteiger partial charge in [-0.05, 0) is 0 Å². The van der Waals surface area contributed by atoms with Crippen LogP contribution in [0.5, 0.6) is 0 Å². The van der Waals surface area contributed by atoms with Crippen LogP contribution in [0.25, 0.3) is 0 Å². The molecule has 0 aromatic rings. The van der Waals surface area contributed by atoms with Gasteiger partial charge in [0, 0.05) is 32.7 Å². The van der Waals surface area contributed by atoms with Crippen LogP contribution in [0.4, 0.5) is 17.6 Å². The summed E-state index contributed by atoms with van der Waals surface area (Å²) in [5, 5.41) is 3.03. The Labute approximate surface area is 120 Å². The van der Waals surface area contributed by atoms with E-state index in [9.17, 15) is 22.4 Å². The summed E-state index contributed by atoms with van der Waals surface area (Å²) < 4.78 is 55.5. The first-order chi connectivity index (χ1) is 9.90. The summed E-state index contributed by atoms with van der Waals surface area (Å²) in [5.74, 6) is -4.14. The maximum atomic E-state index is 13.0. The molecule has 1 N–H and O–H groups in total. The van der Waals surface area contributed by atoms with Crippen molar-refractivity contribution < 1.29 is 27.1 Å². The van der Waals surface area contributed by atoms with Crippen LogP contribution in [-0.4, -0.2) is 86.6 Å². The van der Waals surface area contributed by atoms with Crippen molar-refractivity contribution in [1.29, 1.82) is 0 Å². The normalized spacial score (nSPS) is 25.4. The van der Waals surface area contributed by atoms with Gasteiger partial charge in [0.1, 0.15) is 6.04 Å². The highest BCUT2D eigenvalue weighted by Gasteiger charge is 2.43. The molecular weight excluding hydrogens is 294 g/mol. The van der Waals surface area contributed by atoms with Gasteiger partial charge in [0.2, 0.25) is 5.91 Å². The Morgan fingerprint density at radius 3 is 2.48 bits per heavy atom. The quantitative estimate of drug-likeness (QED) is 0.743. The van der Waals surface area contributed by atoms with Crippen molar-refractivity contribution in [2.75, 3.05) is 52.5 Å². The van der Waals surface area contributed by atoms with Gasteiger partial charge in [-0.25, -0.2) is 8.78 Å². The highest BCUT2D eigenvalue weighted by molar-refractivity contribution is 5.82. The van der Waals surface area contributed by atoms with Gasteiger partial charge in [0.15, 0.2) is 0 Å². The zero-order chi connectivity index (χ0) is 15.5. The minimum atomic E-state index is -4.01. The van der Waals surface area contributed by atoms with Crippen LogP contribution in [-0.2, 0) is 9.53 Å². The predicted octanol–water partition coefficient (Wildman–Crippen LogP) is 0.0194. The Balaban J connectivity index is 1.78. The number of hydrogen-bond donors (Lipinski definition) is 1. The molecule has 2 saturated heterocycles. The maximum Gasteiger partial charge on any atom is 0.319 e. The van der Waals surface area contributed by atoms with E-state index < -0.39 is 24.9 Å². The molecule has 0 radical (unpaired) electrons. The van der Waals surface area contributed by atoms with Crippen LogP contribution in [0.15, 0.2) is 0 Å². The van der Waals surface area contributed by atoms with Crippen LogP contribution in [0.2, 0.25) is 0 Å². The number of rotatable bonds is 4. The number of halogens is 4. The lowest BCUT2D eigenvalue weighted by Crippen LogP contribution is -2.58. The summed E-state index contributed by atoms with van der Waals surface area (Å²) in [6, 6.07) is -0.409. The fourth-order valence-corrected chi connectivity index (χ4v) is 2.44. The van der Waals surface area contributed by atoms with Crippen molar-refractivity contribution >= 4 is 5.91 Å². The highest BCUT2D eigenvalue weighted by atomic mass is 19.3. The van der Waals surface area contributed by atoms with Crippen molar-refractivity contribution in [2.45, 2.75) is 18.4 Å². The summed E-state index contributed by atoms with van der Waals surface area (Å²) in [7, 11) is 0. The highest BCUT2D eigenvalue weighted by Crippen LogP contribution is 2.24. The lowest BCUT2D eigenvalue weighted by Gasteiger charge is -2.38. The van der Waals surface area contributed by atoms with E-state index in [4.69, 9.17) is 4.74 Å². The van der Waals surface area contributed by atoms with Crippen LogP contribution in [0, 0.1) is 0 Å². The lowest BCUT2D eigenvalue weighted by atomic mass is 10.2. The van der Waals surface area contributed by atoms with E-state index in [-0.39, 0.29) is 32.1 Å². The maximum absolute atomic E-state index is 13.0. The van der Waals surface area contributed by atoms with Gasteiger partial charge in [0.25, 0.3) is 0 Å². The third kappa shape index (κ3) is 4.27. The van der Waals surface area contributed by atoms with Crippen LogP contribution in [0.3, 0.4) is 0 Å². The molecule has 0 bridgehead atoms. The van der Waals surface area contributed by atoms with Crippen molar-refractivity contribution in [3.8, 4) is 0 Å².